The van der Waals surface area contributed by atoms with Crippen LogP contribution in [0.5, 0.6) is 0 Å². The van der Waals surface area contributed by atoms with Crippen LogP contribution in [-0.2, 0) is 9.47 Å². The van der Waals surface area contributed by atoms with Crippen LogP contribution in [0.3, 0.4) is 0 Å². The van der Waals surface area contributed by atoms with Gasteiger partial charge >= 0.3 is 17.9 Å². The molecule has 1 N–H and O–H groups in total. The fraction of sp³-hybridized carbons (Fsp3) is 0.236. The predicted octanol–water partition coefficient (Wildman–Crippen LogP) is 11.1. The monoisotopic (exact) mass is 956 g/mol. The summed E-state index contributed by atoms with van der Waals surface area (Å²) in [6, 6.07) is 40.7. The average Bonchev–Trinajstić information content (AvgIpc) is 4.24. The molecule has 9 aromatic rings. The lowest BCUT2D eigenvalue weighted by Gasteiger charge is -2.18. The van der Waals surface area contributed by atoms with Crippen LogP contribution in [-0.4, -0.2) is 92.1 Å². The molecule has 0 radical (unpaired) electrons. The highest BCUT2D eigenvalue weighted by Crippen LogP contribution is 2.32. The number of aryl methyl sites for hydroxylation is 3. The molecule has 0 unspecified atom stereocenters. The van der Waals surface area contributed by atoms with Gasteiger partial charge in [0.25, 0.3) is 0 Å². The zero-order chi connectivity index (χ0) is 49.1. The summed E-state index contributed by atoms with van der Waals surface area (Å²) in [4.78, 5) is 53.2. The first kappa shape index (κ1) is 47.1. The summed E-state index contributed by atoms with van der Waals surface area (Å²) in [6.07, 6.45) is 4.70. The van der Waals surface area contributed by atoms with Crippen molar-refractivity contribution in [2.24, 2.45) is 0 Å². The van der Waals surface area contributed by atoms with E-state index in [4.69, 9.17) is 31.0 Å². The van der Waals surface area contributed by atoms with Crippen LogP contribution < -0.4 is 9.80 Å². The highest BCUT2D eigenvalue weighted by atomic mass is 35.5. The van der Waals surface area contributed by atoms with Crippen molar-refractivity contribution >= 4 is 74.5 Å². The lowest BCUT2D eigenvalue weighted by Crippen LogP contribution is -2.21. The van der Waals surface area contributed by atoms with E-state index < -0.39 is 11.9 Å². The highest BCUT2D eigenvalue weighted by Gasteiger charge is 2.24. The third-order valence-electron chi connectivity index (χ3n) is 12.6. The first-order chi connectivity index (χ1) is 33.9. The number of fused-ring (bicyclic) bond motifs is 3. The number of imidazole rings is 3. The maximum Gasteiger partial charge on any atom is 0.337 e. The Balaban J connectivity index is 0.000000131. The first-order valence-corrected chi connectivity index (χ1v) is 23.6. The first-order valence-electron chi connectivity index (χ1n) is 23.2. The SMILES string of the molecule is COC(=O)c1ccc2c(c1)nc(Cl)n2-c1ccc(C)cc1.COC(=O)c1ccc2c(c1)nc(N1CCCC1)n2-c1ccc(C)cc1.Cc1ccc(-n2c(N3CCCC3)nc3cc(C(=O)O)ccc32)cc1. The van der Waals surface area contributed by atoms with Gasteiger partial charge < -0.3 is 24.4 Å². The number of aromatic nitrogens is 6. The van der Waals surface area contributed by atoms with Crippen LogP contribution in [0, 0.1) is 20.8 Å². The van der Waals surface area contributed by atoms with Gasteiger partial charge in [0.2, 0.25) is 17.2 Å². The molecule has 0 aliphatic carbocycles. The van der Waals surface area contributed by atoms with Crippen LogP contribution in [0.15, 0.2) is 127 Å². The number of methoxy groups -OCH3 is 2. The van der Waals surface area contributed by atoms with Gasteiger partial charge in [0.05, 0.1) is 64.0 Å². The number of halogens is 1. The second-order valence-corrected chi connectivity index (χ2v) is 17.8. The molecule has 70 heavy (non-hydrogen) atoms. The predicted molar refractivity (Wildman–Crippen MR) is 275 cm³/mol. The molecule has 2 aliphatic heterocycles. The summed E-state index contributed by atoms with van der Waals surface area (Å²) in [6.45, 7) is 10.2. The Hall–Kier alpha value is -7.97. The number of rotatable bonds is 8. The number of carboxylic acid groups (broad SMARTS) is 1. The molecule has 11 rings (SSSR count). The topological polar surface area (TPSA) is 150 Å². The second kappa shape index (κ2) is 20.3. The number of hydrogen-bond acceptors (Lipinski definition) is 10. The Labute approximate surface area is 410 Å². The second-order valence-electron chi connectivity index (χ2n) is 17.5. The zero-order valence-corrected chi connectivity index (χ0v) is 40.5. The molecule has 0 amide bonds. The number of carbonyl (C=O) groups excluding carboxylic acids is 2. The Kier molecular flexibility index (Phi) is 13.7. The molecular formula is C55H53ClN8O6. The number of anilines is 2. The smallest absolute Gasteiger partial charge is 0.337 e. The summed E-state index contributed by atoms with van der Waals surface area (Å²) in [5.74, 6) is 0.184. The molecule has 6 aromatic carbocycles. The number of ether oxygens (including phenoxy) is 2. The van der Waals surface area contributed by atoms with Crippen LogP contribution in [0.4, 0.5) is 11.9 Å². The molecule has 3 aromatic heterocycles. The van der Waals surface area contributed by atoms with Gasteiger partial charge in [-0.2, -0.15) is 0 Å². The van der Waals surface area contributed by atoms with E-state index in [-0.39, 0.29) is 11.5 Å². The van der Waals surface area contributed by atoms with Crippen molar-refractivity contribution in [3.8, 4) is 17.1 Å². The third-order valence-corrected chi connectivity index (χ3v) is 12.9. The number of benzene rings is 6. The Bertz CT molecular complexity index is 3370. The third kappa shape index (κ3) is 9.68. The Morgan fingerprint density at radius 2 is 0.800 bits per heavy atom. The van der Waals surface area contributed by atoms with E-state index in [0.29, 0.717) is 21.9 Å². The molecule has 2 fully saturated rings. The molecule has 0 saturated carbocycles. The lowest BCUT2D eigenvalue weighted by molar-refractivity contribution is 0.0592. The lowest BCUT2D eigenvalue weighted by atomic mass is 10.2. The molecule has 0 spiro atoms. The number of esters is 2. The van der Waals surface area contributed by atoms with Crippen LogP contribution in [0.25, 0.3) is 50.2 Å². The fourth-order valence-electron chi connectivity index (χ4n) is 8.90. The van der Waals surface area contributed by atoms with Gasteiger partial charge in [0, 0.05) is 43.2 Å². The standard InChI is InChI=1S/C20H21N3O2.C19H19N3O2.C16H13ClN2O2/c1-14-5-8-16(9-6-14)23-18-10-7-15(19(24)25-2)13-17(18)21-20(23)22-11-3-4-12-22;1-13-4-7-15(8-5-13)22-17-9-6-14(18(23)24)12-16(17)20-19(22)21-10-2-3-11-21;1-10-3-6-12(7-4-10)19-14-8-5-11(15(20)21-2)9-13(14)18-16(19)17/h5-10,13H,3-4,11-12H2,1-2H3;4-9,12H,2-3,10-11H2,1H3,(H,23,24);3-9H,1-2H3. The summed E-state index contributed by atoms with van der Waals surface area (Å²) < 4.78 is 15.7. The van der Waals surface area contributed by atoms with E-state index >= 15 is 0 Å². The van der Waals surface area contributed by atoms with Crippen LogP contribution in [0.2, 0.25) is 5.28 Å². The molecule has 14 nitrogen and oxygen atoms in total. The largest absolute Gasteiger partial charge is 0.478 e. The van der Waals surface area contributed by atoms with Gasteiger partial charge in [-0.05, 0) is 149 Å². The van der Waals surface area contributed by atoms with E-state index in [1.807, 2.05) is 60.0 Å². The minimum Gasteiger partial charge on any atom is -0.478 e. The van der Waals surface area contributed by atoms with E-state index in [9.17, 15) is 19.5 Å². The van der Waals surface area contributed by atoms with Gasteiger partial charge in [-0.15, -0.1) is 0 Å². The number of carboxylic acids is 1. The van der Waals surface area contributed by atoms with E-state index in [1.54, 1.807) is 30.3 Å². The molecular weight excluding hydrogens is 904 g/mol. The molecule has 2 saturated heterocycles. The minimum atomic E-state index is -0.926. The molecule has 356 valence electrons. The highest BCUT2D eigenvalue weighted by molar-refractivity contribution is 6.29. The zero-order valence-electron chi connectivity index (χ0n) is 39.7. The normalized spacial score (nSPS) is 13.3. The molecule has 15 heteroatoms. The minimum absolute atomic E-state index is 0.268. The van der Waals surface area contributed by atoms with Crippen molar-refractivity contribution in [3.63, 3.8) is 0 Å². The van der Waals surface area contributed by atoms with Crippen LogP contribution in [0.1, 0.15) is 73.4 Å². The van der Waals surface area contributed by atoms with Crippen molar-refractivity contribution in [1.29, 1.82) is 0 Å². The molecule has 2 aliphatic rings. The number of hydrogen-bond donors (Lipinski definition) is 1. The fourth-order valence-corrected chi connectivity index (χ4v) is 9.18. The molecule has 0 atom stereocenters. The Morgan fingerprint density at radius 1 is 0.471 bits per heavy atom. The summed E-state index contributed by atoms with van der Waals surface area (Å²) in [5, 5.41) is 9.59. The van der Waals surface area contributed by atoms with Crippen molar-refractivity contribution in [2.75, 3.05) is 50.2 Å². The average molecular weight is 958 g/mol. The van der Waals surface area contributed by atoms with Crippen LogP contribution >= 0.6 is 11.6 Å². The van der Waals surface area contributed by atoms with Crippen molar-refractivity contribution in [2.45, 2.75) is 46.5 Å². The number of carbonyl (C=O) groups is 3. The van der Waals surface area contributed by atoms with Gasteiger partial charge in [-0.1, -0.05) is 53.1 Å². The summed E-state index contributed by atoms with van der Waals surface area (Å²) >= 11 is 6.24. The van der Waals surface area contributed by atoms with E-state index in [0.717, 1.165) is 95.6 Å². The van der Waals surface area contributed by atoms with Gasteiger partial charge in [0.1, 0.15) is 0 Å². The van der Waals surface area contributed by atoms with Gasteiger partial charge in [-0.25, -0.2) is 29.3 Å². The van der Waals surface area contributed by atoms with Gasteiger partial charge in [-0.3, -0.25) is 13.7 Å². The van der Waals surface area contributed by atoms with Gasteiger partial charge in [0.15, 0.2) is 0 Å². The maximum absolute atomic E-state index is 11.8. The number of aromatic carboxylic acids is 1. The summed E-state index contributed by atoms with van der Waals surface area (Å²) in [7, 11) is 2.75. The van der Waals surface area contributed by atoms with Crippen molar-refractivity contribution in [1.82, 2.24) is 28.7 Å². The van der Waals surface area contributed by atoms with E-state index in [2.05, 4.69) is 86.3 Å². The number of nitrogens with zero attached hydrogens (tertiary/aromatic N) is 8. The van der Waals surface area contributed by atoms with E-state index in [1.165, 1.54) is 43.8 Å². The molecule has 5 heterocycles. The Morgan fingerprint density at radius 3 is 1.17 bits per heavy atom. The summed E-state index contributed by atoms with van der Waals surface area (Å²) in [5.41, 5.74) is 12.9. The maximum atomic E-state index is 11.8. The molecule has 0 bridgehead atoms. The van der Waals surface area contributed by atoms with Crippen molar-refractivity contribution < 1.29 is 29.0 Å². The quantitative estimate of drug-likeness (QED) is 0.145. The van der Waals surface area contributed by atoms with Crippen molar-refractivity contribution in [3.05, 3.63) is 166 Å².